The van der Waals surface area contributed by atoms with Crippen LogP contribution in [0.4, 0.5) is 4.39 Å². The lowest BCUT2D eigenvalue weighted by Crippen LogP contribution is -2.34. The van der Waals surface area contributed by atoms with Gasteiger partial charge in [-0.3, -0.25) is 9.69 Å². The van der Waals surface area contributed by atoms with Gasteiger partial charge in [0, 0.05) is 18.0 Å². The number of aromatic nitrogens is 2. The average molecular weight is 465 g/mol. The van der Waals surface area contributed by atoms with Gasteiger partial charge in [-0.25, -0.2) is 4.39 Å². The maximum Gasteiger partial charge on any atom is 0.282 e. The second kappa shape index (κ2) is 9.28. The number of nitrogens with zero attached hydrogens (tertiary/aromatic N) is 3. The summed E-state index contributed by atoms with van der Waals surface area (Å²) >= 11 is 3.14. The largest absolute Gasteiger partial charge is 0.346 e. The Morgan fingerprint density at radius 3 is 2.72 bits per heavy atom. The van der Waals surface area contributed by atoms with Gasteiger partial charge in [-0.05, 0) is 46.7 Å². The Balaban J connectivity index is 1.29. The molecule has 1 amide bonds. The Morgan fingerprint density at radius 1 is 1.09 bits per heavy atom. The Bertz CT molecular complexity index is 1210. The fourth-order valence-corrected chi connectivity index (χ4v) is 5.69. The van der Waals surface area contributed by atoms with E-state index in [-0.39, 0.29) is 17.8 Å². The van der Waals surface area contributed by atoms with E-state index in [0.717, 1.165) is 23.5 Å². The van der Waals surface area contributed by atoms with Crippen LogP contribution in [0.25, 0.3) is 0 Å². The van der Waals surface area contributed by atoms with Crippen LogP contribution in [0.3, 0.4) is 0 Å². The van der Waals surface area contributed by atoms with E-state index in [1.165, 1.54) is 39.5 Å². The summed E-state index contributed by atoms with van der Waals surface area (Å²) in [5, 5.41) is 14.6. The van der Waals surface area contributed by atoms with E-state index in [4.69, 9.17) is 0 Å². The molecule has 1 unspecified atom stereocenters. The van der Waals surface area contributed by atoms with Crippen molar-refractivity contribution in [1.29, 1.82) is 0 Å². The van der Waals surface area contributed by atoms with Gasteiger partial charge >= 0.3 is 0 Å². The molecule has 0 saturated heterocycles. The summed E-state index contributed by atoms with van der Waals surface area (Å²) in [7, 11) is 0. The molecule has 0 bridgehead atoms. The number of halogens is 1. The van der Waals surface area contributed by atoms with Crippen molar-refractivity contribution >= 4 is 28.6 Å². The summed E-state index contributed by atoms with van der Waals surface area (Å²) in [6, 6.07) is 19.0. The smallest absolute Gasteiger partial charge is 0.282 e. The van der Waals surface area contributed by atoms with E-state index in [2.05, 4.69) is 56.1 Å². The minimum Gasteiger partial charge on any atom is -0.346 e. The maximum absolute atomic E-state index is 13.0. The molecular formula is C24H21FN4OS2. The fraction of sp³-hybridized carbons (Fsp3) is 0.208. The molecular weight excluding hydrogens is 443 g/mol. The van der Waals surface area contributed by atoms with Gasteiger partial charge in [0.1, 0.15) is 10.8 Å². The zero-order valence-electron chi connectivity index (χ0n) is 17.2. The second-order valence-electron chi connectivity index (χ2n) is 7.64. The summed E-state index contributed by atoms with van der Waals surface area (Å²) < 4.78 is 13.0. The molecule has 8 heteroatoms. The molecule has 0 aliphatic carbocycles. The molecule has 2 aromatic carbocycles. The van der Waals surface area contributed by atoms with Crippen LogP contribution in [-0.2, 0) is 19.5 Å². The zero-order chi connectivity index (χ0) is 21.9. The van der Waals surface area contributed by atoms with Gasteiger partial charge in [0.25, 0.3) is 5.91 Å². The molecule has 162 valence electrons. The summed E-state index contributed by atoms with van der Waals surface area (Å²) in [6.07, 6.45) is 1.01. The lowest BCUT2D eigenvalue weighted by molar-refractivity contribution is 0.0950. The number of rotatable bonds is 6. The van der Waals surface area contributed by atoms with Gasteiger partial charge in [-0.2, -0.15) is 0 Å². The number of fused-ring (bicyclic) bond motifs is 1. The summed E-state index contributed by atoms with van der Waals surface area (Å²) in [6.45, 7) is 1.88. The third kappa shape index (κ3) is 4.48. The number of thiophene rings is 1. The molecule has 2 aromatic heterocycles. The molecule has 0 saturated carbocycles. The summed E-state index contributed by atoms with van der Waals surface area (Å²) in [4.78, 5) is 16.4. The SMILES string of the molecule is O=C(NCc1ccc(F)cc1)c1nnc(CN2CCc3sccc3C2c2ccccc2)s1. The monoisotopic (exact) mass is 464 g/mol. The molecule has 1 aliphatic rings. The Morgan fingerprint density at radius 2 is 1.91 bits per heavy atom. The van der Waals surface area contributed by atoms with Crippen LogP contribution in [0.15, 0.2) is 66.0 Å². The molecule has 0 spiro atoms. The molecule has 0 radical (unpaired) electrons. The van der Waals surface area contributed by atoms with Gasteiger partial charge in [0.05, 0.1) is 12.6 Å². The average Bonchev–Trinajstić information content (AvgIpc) is 3.49. The van der Waals surface area contributed by atoms with E-state index in [1.807, 2.05) is 17.4 Å². The lowest BCUT2D eigenvalue weighted by Gasteiger charge is -2.35. The van der Waals surface area contributed by atoms with Crippen molar-refractivity contribution in [2.24, 2.45) is 0 Å². The van der Waals surface area contributed by atoms with E-state index in [9.17, 15) is 9.18 Å². The number of amides is 1. The van der Waals surface area contributed by atoms with Gasteiger partial charge in [0.15, 0.2) is 0 Å². The maximum atomic E-state index is 13.0. The van der Waals surface area contributed by atoms with Crippen molar-refractivity contribution in [2.45, 2.75) is 25.6 Å². The van der Waals surface area contributed by atoms with Crippen LogP contribution in [-0.4, -0.2) is 27.5 Å². The molecule has 3 heterocycles. The summed E-state index contributed by atoms with van der Waals surface area (Å²) in [5.41, 5.74) is 3.44. The molecule has 1 N–H and O–H groups in total. The summed E-state index contributed by atoms with van der Waals surface area (Å²) in [5.74, 6) is -0.564. The number of hydrogen-bond donors (Lipinski definition) is 1. The second-order valence-corrected chi connectivity index (χ2v) is 9.71. The quantitative estimate of drug-likeness (QED) is 0.445. The Labute approximate surface area is 193 Å². The normalized spacial score (nSPS) is 16.0. The van der Waals surface area contributed by atoms with Crippen LogP contribution in [0.1, 0.15) is 42.4 Å². The first-order valence-corrected chi connectivity index (χ1v) is 12.1. The van der Waals surface area contributed by atoms with E-state index >= 15 is 0 Å². The van der Waals surface area contributed by atoms with Crippen LogP contribution >= 0.6 is 22.7 Å². The van der Waals surface area contributed by atoms with Crippen molar-refractivity contribution in [3.63, 3.8) is 0 Å². The van der Waals surface area contributed by atoms with Gasteiger partial charge in [0.2, 0.25) is 5.01 Å². The number of benzene rings is 2. The first-order chi connectivity index (χ1) is 15.7. The molecule has 1 aliphatic heterocycles. The highest BCUT2D eigenvalue weighted by atomic mass is 32.1. The standard InChI is InChI=1S/C24H21FN4OS2/c25-18-8-6-16(7-9-18)14-26-23(30)24-28-27-21(32-24)15-29-12-10-20-19(11-13-31-20)22(29)17-4-2-1-3-5-17/h1-9,11,13,22H,10,12,14-15H2,(H,26,30). The molecule has 5 nitrogen and oxygen atoms in total. The number of carbonyl (C=O) groups excluding carboxylic acids is 1. The van der Waals surface area contributed by atoms with Crippen molar-refractivity contribution in [3.8, 4) is 0 Å². The minimum absolute atomic E-state index is 0.172. The Kier molecular flexibility index (Phi) is 6.07. The lowest BCUT2D eigenvalue weighted by atomic mass is 9.93. The van der Waals surface area contributed by atoms with Crippen LogP contribution < -0.4 is 5.32 Å². The molecule has 5 rings (SSSR count). The molecule has 1 atom stereocenters. The third-order valence-corrected chi connectivity index (χ3v) is 7.45. The number of nitrogens with one attached hydrogen (secondary N) is 1. The molecule has 0 fully saturated rings. The highest BCUT2D eigenvalue weighted by molar-refractivity contribution is 7.13. The molecule has 4 aromatic rings. The number of carbonyl (C=O) groups is 1. The fourth-order valence-electron chi connectivity index (χ4n) is 4.01. The van der Waals surface area contributed by atoms with Crippen molar-refractivity contribution in [3.05, 3.63) is 103 Å². The van der Waals surface area contributed by atoms with Crippen LogP contribution in [0, 0.1) is 5.82 Å². The number of hydrogen-bond acceptors (Lipinski definition) is 6. The van der Waals surface area contributed by atoms with Crippen LogP contribution in [0.2, 0.25) is 0 Å². The van der Waals surface area contributed by atoms with Gasteiger partial charge in [-0.1, -0.05) is 53.8 Å². The first-order valence-electron chi connectivity index (χ1n) is 10.4. The van der Waals surface area contributed by atoms with E-state index in [1.54, 1.807) is 12.1 Å². The van der Waals surface area contributed by atoms with Crippen molar-refractivity contribution in [2.75, 3.05) is 6.54 Å². The van der Waals surface area contributed by atoms with E-state index < -0.39 is 0 Å². The van der Waals surface area contributed by atoms with Gasteiger partial charge in [-0.15, -0.1) is 21.5 Å². The van der Waals surface area contributed by atoms with Gasteiger partial charge < -0.3 is 5.32 Å². The highest BCUT2D eigenvalue weighted by Crippen LogP contribution is 2.38. The molecule has 32 heavy (non-hydrogen) atoms. The predicted molar refractivity (Wildman–Crippen MR) is 124 cm³/mol. The topological polar surface area (TPSA) is 58.1 Å². The zero-order valence-corrected chi connectivity index (χ0v) is 18.8. The highest BCUT2D eigenvalue weighted by Gasteiger charge is 2.30. The predicted octanol–water partition coefficient (Wildman–Crippen LogP) is 4.82. The van der Waals surface area contributed by atoms with Crippen molar-refractivity contribution in [1.82, 2.24) is 20.4 Å². The minimum atomic E-state index is -0.296. The first kappa shape index (κ1) is 20.9. The third-order valence-electron chi connectivity index (χ3n) is 5.55. The Hall–Kier alpha value is -2.94. The van der Waals surface area contributed by atoms with Crippen molar-refractivity contribution < 1.29 is 9.18 Å². The van der Waals surface area contributed by atoms with E-state index in [0.29, 0.717) is 18.1 Å². The van der Waals surface area contributed by atoms with Crippen LogP contribution in [0.5, 0.6) is 0 Å².